The fourth-order valence-corrected chi connectivity index (χ4v) is 9.14. The van der Waals surface area contributed by atoms with Crippen molar-refractivity contribution in [2.45, 2.75) is 0 Å². The maximum absolute atomic E-state index is 9.44. The van der Waals surface area contributed by atoms with Gasteiger partial charge in [0.25, 0.3) is 0 Å². The van der Waals surface area contributed by atoms with E-state index in [4.69, 9.17) is 24.9 Å². The molecular formula is C57H34N4O. The van der Waals surface area contributed by atoms with E-state index in [0.29, 0.717) is 45.2 Å². The molecule has 0 spiro atoms. The zero-order valence-corrected chi connectivity index (χ0v) is 32.7. The van der Waals surface area contributed by atoms with Crippen LogP contribution in [0.2, 0.25) is 0 Å². The van der Waals surface area contributed by atoms with Crippen LogP contribution in [0.1, 0.15) is 11.0 Å². The van der Waals surface area contributed by atoms with Crippen molar-refractivity contribution in [2.24, 2.45) is 0 Å². The van der Waals surface area contributed by atoms with E-state index in [-0.39, 0.29) is 27.6 Å². The number of aromatic nitrogens is 4. The Morgan fingerprint density at radius 2 is 0.903 bits per heavy atom. The monoisotopic (exact) mass is 798 g/mol. The summed E-state index contributed by atoms with van der Waals surface area (Å²) >= 11 is 0. The number of hydrogen-bond donors (Lipinski definition) is 0. The number of nitrogens with zero attached hydrogens (tertiary/aromatic N) is 4. The second kappa shape index (κ2) is 13.6. The van der Waals surface area contributed by atoms with Gasteiger partial charge in [0, 0.05) is 32.7 Å². The lowest BCUT2D eigenvalue weighted by Gasteiger charge is -2.19. The predicted molar refractivity (Wildman–Crippen MR) is 256 cm³/mol. The molecular weight excluding hydrogens is 757 g/mol. The normalized spacial score (nSPS) is 13.7. The van der Waals surface area contributed by atoms with Crippen LogP contribution in [-0.4, -0.2) is 19.5 Å². The average molecular weight is 799 g/mol. The summed E-state index contributed by atoms with van der Waals surface area (Å²) < 4.78 is 80.5. The van der Waals surface area contributed by atoms with E-state index in [9.17, 15) is 5.48 Å². The maximum Gasteiger partial charge on any atom is 0.166 e. The molecule has 3 aromatic heterocycles. The summed E-state index contributed by atoms with van der Waals surface area (Å²) in [5, 5.41) is 8.28. The minimum Gasteiger partial charge on any atom is -0.456 e. The number of fused-ring (bicyclic) bond motifs is 12. The van der Waals surface area contributed by atoms with E-state index in [2.05, 4.69) is 36.4 Å². The third kappa shape index (κ3) is 5.25. The fraction of sp³-hybridized carbons (Fsp3) is 0. The molecule has 0 unspecified atom stereocenters. The Bertz CT molecular complexity index is 4300. The fourth-order valence-electron chi connectivity index (χ4n) is 9.14. The number of rotatable bonds is 5. The lowest BCUT2D eigenvalue weighted by molar-refractivity contribution is 0.669. The molecule has 0 aliphatic rings. The van der Waals surface area contributed by atoms with E-state index in [1.807, 2.05) is 115 Å². The highest BCUT2D eigenvalue weighted by molar-refractivity contribution is 6.26. The molecule has 10 aromatic carbocycles. The standard InChI is InChI=1S/C57H34N4O/c1-2-15-35(16-3-1)55-58-56(37-30-32-47-46-23-10-13-28-52(46)62-53(47)34-37)60-57(59-55)54-38(24-14-27-51(54)61-49-25-11-8-21-44(49)45-22-9-12-26-50(45)61)36-29-31-43-41-19-5-4-17-39(41)40-18-6-7-20-42(40)48(43)33-36/h1-34H/i8D,9D,11D,12D,21D,22D,25D,26D. The van der Waals surface area contributed by atoms with Crippen molar-refractivity contribution in [3.63, 3.8) is 0 Å². The van der Waals surface area contributed by atoms with Gasteiger partial charge in [-0.2, -0.15) is 0 Å². The summed E-state index contributed by atoms with van der Waals surface area (Å²) in [6, 6.07) is 48.0. The SMILES string of the molecule is [2H]c1c([2H])c([2H])c2c(c1[2H])c1c([2H])c([2H])c([2H])c([2H])c1n2-c1cccc(-c2ccc3c4ccccc4c4ccccc4c3c2)c1-c1nc(-c2ccccc2)nc(-c2ccc3c(c2)oc2ccccc23)n1. The molecule has 13 aromatic rings. The number of benzene rings is 10. The van der Waals surface area contributed by atoms with Crippen LogP contribution in [0.5, 0.6) is 0 Å². The van der Waals surface area contributed by atoms with Crippen molar-refractivity contribution < 1.29 is 15.4 Å². The Hall–Kier alpha value is -8.41. The molecule has 0 N–H and O–H groups in total. The van der Waals surface area contributed by atoms with Crippen LogP contribution < -0.4 is 0 Å². The van der Waals surface area contributed by atoms with Gasteiger partial charge in [0.1, 0.15) is 11.2 Å². The smallest absolute Gasteiger partial charge is 0.166 e. The Balaban J connectivity index is 1.19. The van der Waals surface area contributed by atoms with E-state index in [0.717, 1.165) is 54.2 Å². The van der Waals surface area contributed by atoms with Crippen molar-refractivity contribution in [3.05, 3.63) is 206 Å². The van der Waals surface area contributed by atoms with Crippen molar-refractivity contribution in [3.8, 4) is 51.0 Å². The topological polar surface area (TPSA) is 56.7 Å². The van der Waals surface area contributed by atoms with Gasteiger partial charge in [0.2, 0.25) is 0 Å². The zero-order valence-electron chi connectivity index (χ0n) is 40.7. The molecule has 0 bridgehead atoms. The van der Waals surface area contributed by atoms with E-state index in [1.165, 1.54) is 4.57 Å². The highest BCUT2D eigenvalue weighted by atomic mass is 16.3. The van der Waals surface area contributed by atoms with Gasteiger partial charge in [0.05, 0.1) is 33.3 Å². The van der Waals surface area contributed by atoms with Gasteiger partial charge >= 0.3 is 0 Å². The van der Waals surface area contributed by atoms with Crippen LogP contribution in [0.3, 0.4) is 0 Å². The first kappa shape index (κ1) is 27.4. The maximum atomic E-state index is 9.44. The first-order valence-electron chi connectivity index (χ1n) is 24.3. The first-order chi connectivity index (χ1) is 34.1. The van der Waals surface area contributed by atoms with Gasteiger partial charge in [-0.1, -0.05) is 164 Å². The summed E-state index contributed by atoms with van der Waals surface area (Å²) in [6.45, 7) is 0. The third-order valence-electron chi connectivity index (χ3n) is 11.9. The third-order valence-corrected chi connectivity index (χ3v) is 11.9. The van der Waals surface area contributed by atoms with Gasteiger partial charge < -0.3 is 8.98 Å². The molecule has 0 saturated carbocycles. The largest absolute Gasteiger partial charge is 0.456 e. The molecule has 0 aliphatic heterocycles. The second-order valence-corrected chi connectivity index (χ2v) is 15.3. The first-order valence-corrected chi connectivity index (χ1v) is 20.3. The molecule has 0 amide bonds. The lowest BCUT2D eigenvalue weighted by Crippen LogP contribution is -2.05. The highest BCUT2D eigenvalue weighted by Crippen LogP contribution is 2.43. The molecule has 0 fully saturated rings. The molecule has 5 nitrogen and oxygen atoms in total. The molecule has 0 aliphatic carbocycles. The van der Waals surface area contributed by atoms with Crippen molar-refractivity contribution in [1.29, 1.82) is 0 Å². The number of hydrogen-bond acceptors (Lipinski definition) is 4. The second-order valence-electron chi connectivity index (χ2n) is 15.3. The Kier molecular flexibility index (Phi) is 5.99. The predicted octanol–water partition coefficient (Wildman–Crippen LogP) is 15.0. The summed E-state index contributed by atoms with van der Waals surface area (Å²) in [7, 11) is 0. The molecule has 13 rings (SSSR count). The minimum atomic E-state index is -0.523. The van der Waals surface area contributed by atoms with Crippen LogP contribution in [-0.2, 0) is 0 Å². The average Bonchev–Trinajstić information content (AvgIpc) is 3.97. The molecule has 0 atom stereocenters. The van der Waals surface area contributed by atoms with Crippen molar-refractivity contribution in [2.75, 3.05) is 0 Å². The summed E-state index contributed by atoms with van der Waals surface area (Å²) in [5.41, 5.74) is 4.89. The summed E-state index contributed by atoms with van der Waals surface area (Å²) in [4.78, 5) is 15.6. The van der Waals surface area contributed by atoms with E-state index < -0.39 is 48.3 Å². The zero-order chi connectivity index (χ0) is 47.7. The summed E-state index contributed by atoms with van der Waals surface area (Å²) in [5.74, 6) is 0.890. The van der Waals surface area contributed by atoms with Gasteiger partial charge in [-0.05, 0) is 85.9 Å². The van der Waals surface area contributed by atoms with Crippen molar-refractivity contribution in [1.82, 2.24) is 19.5 Å². The molecule has 62 heavy (non-hydrogen) atoms. The summed E-state index contributed by atoms with van der Waals surface area (Å²) in [6.07, 6.45) is 0. The number of furan rings is 1. The Labute approximate surface area is 367 Å². The quantitative estimate of drug-likeness (QED) is 0.163. The van der Waals surface area contributed by atoms with Crippen LogP contribution in [0, 0.1) is 0 Å². The van der Waals surface area contributed by atoms with Crippen LogP contribution >= 0.6 is 0 Å². The Morgan fingerprint density at radius 1 is 0.371 bits per heavy atom. The van der Waals surface area contributed by atoms with Gasteiger partial charge in [-0.3, -0.25) is 0 Å². The molecule has 3 heterocycles. The Morgan fingerprint density at radius 3 is 1.61 bits per heavy atom. The van der Waals surface area contributed by atoms with Gasteiger partial charge in [-0.15, -0.1) is 0 Å². The highest BCUT2D eigenvalue weighted by Gasteiger charge is 2.23. The molecule has 0 radical (unpaired) electrons. The van der Waals surface area contributed by atoms with Gasteiger partial charge in [-0.25, -0.2) is 15.0 Å². The lowest BCUT2D eigenvalue weighted by atomic mass is 9.90. The molecule has 0 saturated heterocycles. The molecule has 5 heteroatoms. The minimum absolute atomic E-state index is 0.0183. The van der Waals surface area contributed by atoms with Crippen LogP contribution in [0.25, 0.3) is 127 Å². The van der Waals surface area contributed by atoms with E-state index >= 15 is 0 Å². The van der Waals surface area contributed by atoms with Crippen LogP contribution in [0.15, 0.2) is 210 Å². The van der Waals surface area contributed by atoms with E-state index in [1.54, 1.807) is 6.07 Å². The number of para-hydroxylation sites is 3. The van der Waals surface area contributed by atoms with Crippen LogP contribution in [0.4, 0.5) is 0 Å². The van der Waals surface area contributed by atoms with Crippen molar-refractivity contribution >= 4 is 76.1 Å². The molecule has 288 valence electrons. The van der Waals surface area contributed by atoms with Gasteiger partial charge in [0.15, 0.2) is 17.5 Å².